The fourth-order valence-electron chi connectivity index (χ4n) is 4.05. The van der Waals surface area contributed by atoms with Crippen LogP contribution >= 0.6 is 0 Å². The standard InChI is InChI=1S/C30H30N4O4S/c1-21-13-17-25(18-14-21)31-29(35)32-27(23-9-5-3-6-10-23)28(24-11-7-4-8-12-24)33-30(36)34-39(37,38)26-19-15-22(2)16-20-26/h3-20,27-28H,1-2H3,(H2,31,32,35)(H2,33,34,36). The van der Waals surface area contributed by atoms with E-state index in [0.717, 1.165) is 11.1 Å². The van der Waals surface area contributed by atoms with E-state index in [1.807, 2.05) is 62.4 Å². The molecule has 8 nitrogen and oxygen atoms in total. The minimum absolute atomic E-state index is 0.0327. The van der Waals surface area contributed by atoms with Crippen LogP contribution in [-0.4, -0.2) is 20.5 Å². The van der Waals surface area contributed by atoms with E-state index in [4.69, 9.17) is 0 Å². The van der Waals surface area contributed by atoms with Crippen LogP contribution in [-0.2, 0) is 10.0 Å². The maximum Gasteiger partial charge on any atom is 0.329 e. The SMILES string of the molecule is Cc1ccc(NC(=O)NC(c2ccccc2)C(NC(=O)NS(=O)(=O)c2ccc(C)cc2)c2ccccc2)cc1. The summed E-state index contributed by atoms with van der Waals surface area (Å²) in [6, 6.07) is 28.8. The second-order valence-corrected chi connectivity index (χ2v) is 10.8. The quantitative estimate of drug-likeness (QED) is 0.232. The fraction of sp³-hybridized carbons (Fsp3) is 0.133. The summed E-state index contributed by atoms with van der Waals surface area (Å²) in [6.07, 6.45) is 0. The Morgan fingerprint density at radius 1 is 0.590 bits per heavy atom. The van der Waals surface area contributed by atoms with Gasteiger partial charge in [0.05, 0.1) is 17.0 Å². The average molecular weight is 543 g/mol. The molecular weight excluding hydrogens is 512 g/mol. The molecule has 0 heterocycles. The molecule has 0 fully saturated rings. The molecule has 0 radical (unpaired) electrons. The molecule has 4 aromatic rings. The molecule has 39 heavy (non-hydrogen) atoms. The molecule has 9 heteroatoms. The van der Waals surface area contributed by atoms with Crippen LogP contribution in [0.5, 0.6) is 0 Å². The number of carbonyl (C=O) groups excluding carboxylic acids is 2. The zero-order valence-corrected chi connectivity index (χ0v) is 22.4. The molecule has 200 valence electrons. The molecule has 0 aliphatic heterocycles. The molecule has 0 aromatic heterocycles. The lowest BCUT2D eigenvalue weighted by molar-refractivity contribution is 0.232. The zero-order chi connectivity index (χ0) is 27.8. The summed E-state index contributed by atoms with van der Waals surface area (Å²) < 4.78 is 27.8. The molecule has 0 aliphatic rings. The van der Waals surface area contributed by atoms with Gasteiger partial charge >= 0.3 is 12.1 Å². The van der Waals surface area contributed by atoms with Crippen LogP contribution in [0.2, 0.25) is 0 Å². The molecule has 4 amide bonds. The van der Waals surface area contributed by atoms with Crippen LogP contribution in [0, 0.1) is 13.8 Å². The molecule has 4 rings (SSSR count). The number of sulfonamides is 1. The van der Waals surface area contributed by atoms with Gasteiger partial charge in [0.15, 0.2) is 0 Å². The summed E-state index contributed by atoms with van der Waals surface area (Å²) in [5, 5.41) is 8.55. The minimum Gasteiger partial charge on any atom is -0.329 e. The Hall–Kier alpha value is -4.63. The second-order valence-electron chi connectivity index (χ2n) is 9.13. The summed E-state index contributed by atoms with van der Waals surface area (Å²) >= 11 is 0. The summed E-state index contributed by atoms with van der Waals surface area (Å²) in [7, 11) is -4.12. The van der Waals surface area contributed by atoms with Crippen LogP contribution in [0.1, 0.15) is 34.3 Å². The molecule has 0 saturated carbocycles. The number of hydrogen-bond acceptors (Lipinski definition) is 4. The number of urea groups is 2. The van der Waals surface area contributed by atoms with Gasteiger partial charge in [0, 0.05) is 5.69 Å². The van der Waals surface area contributed by atoms with Crippen LogP contribution in [0.15, 0.2) is 114 Å². The van der Waals surface area contributed by atoms with Crippen molar-refractivity contribution in [2.24, 2.45) is 0 Å². The number of amides is 4. The van der Waals surface area contributed by atoms with Gasteiger partial charge in [-0.15, -0.1) is 0 Å². The summed E-state index contributed by atoms with van der Waals surface area (Å²) in [5.41, 5.74) is 3.94. The highest BCUT2D eigenvalue weighted by atomic mass is 32.2. The number of hydrogen-bond donors (Lipinski definition) is 4. The Balaban J connectivity index is 1.62. The lowest BCUT2D eigenvalue weighted by Gasteiger charge is -2.30. The van der Waals surface area contributed by atoms with Crippen molar-refractivity contribution in [3.63, 3.8) is 0 Å². The summed E-state index contributed by atoms with van der Waals surface area (Å²) in [4.78, 5) is 26.2. The monoisotopic (exact) mass is 542 g/mol. The molecule has 4 aromatic carbocycles. The van der Waals surface area contributed by atoms with Gasteiger partial charge in [-0.1, -0.05) is 96.1 Å². The Morgan fingerprint density at radius 2 is 1.03 bits per heavy atom. The van der Waals surface area contributed by atoms with Crippen molar-refractivity contribution < 1.29 is 18.0 Å². The number of nitrogens with one attached hydrogen (secondary N) is 4. The number of carbonyl (C=O) groups is 2. The number of rotatable bonds is 8. The van der Waals surface area contributed by atoms with Gasteiger partial charge < -0.3 is 16.0 Å². The molecule has 2 atom stereocenters. The Bertz CT molecular complexity index is 1510. The first kappa shape index (κ1) is 27.4. The van der Waals surface area contributed by atoms with E-state index >= 15 is 0 Å². The maximum atomic E-state index is 13.1. The van der Waals surface area contributed by atoms with Gasteiger partial charge in [0.1, 0.15) is 0 Å². The predicted molar refractivity (Wildman–Crippen MR) is 152 cm³/mol. The van der Waals surface area contributed by atoms with Crippen LogP contribution < -0.4 is 20.7 Å². The van der Waals surface area contributed by atoms with E-state index in [1.165, 1.54) is 12.1 Å². The number of aryl methyl sites for hydroxylation is 2. The minimum atomic E-state index is -4.12. The van der Waals surface area contributed by atoms with Gasteiger partial charge in [-0.2, -0.15) is 0 Å². The third kappa shape index (κ3) is 7.45. The smallest absolute Gasteiger partial charge is 0.329 e. The Kier molecular flexibility index (Phi) is 8.63. The lowest BCUT2D eigenvalue weighted by atomic mass is 9.93. The highest BCUT2D eigenvalue weighted by Gasteiger charge is 2.29. The first-order chi connectivity index (χ1) is 18.7. The van der Waals surface area contributed by atoms with Crippen LogP contribution in [0.3, 0.4) is 0 Å². The zero-order valence-electron chi connectivity index (χ0n) is 21.6. The van der Waals surface area contributed by atoms with Crippen molar-refractivity contribution in [3.8, 4) is 0 Å². The first-order valence-electron chi connectivity index (χ1n) is 12.4. The first-order valence-corrected chi connectivity index (χ1v) is 13.8. The Morgan fingerprint density at radius 3 is 1.51 bits per heavy atom. The highest BCUT2D eigenvalue weighted by molar-refractivity contribution is 7.90. The Labute approximate surface area is 228 Å². The molecule has 0 aliphatic carbocycles. The van der Waals surface area contributed by atoms with Gasteiger partial charge in [-0.25, -0.2) is 22.7 Å². The maximum absolute atomic E-state index is 13.1. The fourth-order valence-corrected chi connectivity index (χ4v) is 4.97. The van der Waals surface area contributed by atoms with Crippen molar-refractivity contribution in [3.05, 3.63) is 131 Å². The van der Waals surface area contributed by atoms with Crippen LogP contribution in [0.4, 0.5) is 15.3 Å². The van der Waals surface area contributed by atoms with Gasteiger partial charge in [-0.05, 0) is 49.2 Å². The topological polar surface area (TPSA) is 116 Å². The van der Waals surface area contributed by atoms with Crippen molar-refractivity contribution >= 4 is 27.8 Å². The number of anilines is 1. The lowest BCUT2D eigenvalue weighted by Crippen LogP contribution is -2.46. The third-order valence-corrected chi connectivity index (χ3v) is 7.44. The van der Waals surface area contributed by atoms with E-state index in [9.17, 15) is 18.0 Å². The average Bonchev–Trinajstić information content (AvgIpc) is 2.93. The largest absolute Gasteiger partial charge is 0.329 e. The molecule has 4 N–H and O–H groups in total. The van der Waals surface area contributed by atoms with Gasteiger partial charge in [-0.3, -0.25) is 0 Å². The summed E-state index contributed by atoms with van der Waals surface area (Å²) in [5.74, 6) is 0. The van der Waals surface area contributed by atoms with E-state index < -0.39 is 34.2 Å². The third-order valence-electron chi connectivity index (χ3n) is 6.09. The molecule has 0 saturated heterocycles. The molecule has 2 unspecified atom stereocenters. The van der Waals surface area contributed by atoms with E-state index in [1.54, 1.807) is 48.5 Å². The number of benzene rings is 4. The molecular formula is C30H30N4O4S. The van der Waals surface area contributed by atoms with Gasteiger partial charge in [0.2, 0.25) is 0 Å². The van der Waals surface area contributed by atoms with Crippen molar-refractivity contribution in [1.82, 2.24) is 15.4 Å². The molecule has 0 bridgehead atoms. The predicted octanol–water partition coefficient (Wildman–Crippen LogP) is 5.60. The summed E-state index contributed by atoms with van der Waals surface area (Å²) in [6.45, 7) is 3.79. The van der Waals surface area contributed by atoms with E-state index in [0.29, 0.717) is 16.8 Å². The van der Waals surface area contributed by atoms with Crippen LogP contribution in [0.25, 0.3) is 0 Å². The van der Waals surface area contributed by atoms with Crippen molar-refractivity contribution in [1.29, 1.82) is 0 Å². The van der Waals surface area contributed by atoms with E-state index in [-0.39, 0.29) is 4.90 Å². The highest BCUT2D eigenvalue weighted by Crippen LogP contribution is 2.29. The van der Waals surface area contributed by atoms with Crippen molar-refractivity contribution in [2.75, 3.05) is 5.32 Å². The second kappa shape index (κ2) is 12.3. The normalized spacial score (nSPS) is 12.6. The molecule has 0 spiro atoms. The van der Waals surface area contributed by atoms with Gasteiger partial charge in [0.25, 0.3) is 10.0 Å². The van der Waals surface area contributed by atoms with Crippen molar-refractivity contribution in [2.45, 2.75) is 30.8 Å². The van der Waals surface area contributed by atoms with E-state index in [2.05, 4.69) is 20.7 Å².